The van der Waals surface area contributed by atoms with Gasteiger partial charge in [0.05, 0.1) is 18.9 Å². The van der Waals surface area contributed by atoms with E-state index in [1.807, 2.05) is 6.92 Å². The van der Waals surface area contributed by atoms with E-state index in [0.717, 1.165) is 56.8 Å². The summed E-state index contributed by atoms with van der Waals surface area (Å²) in [5, 5.41) is 4.15. The Morgan fingerprint density at radius 1 is 1.07 bits per heavy atom. The number of piperidine rings is 1. The summed E-state index contributed by atoms with van der Waals surface area (Å²) in [7, 11) is 0. The van der Waals surface area contributed by atoms with Crippen LogP contribution in [0, 0.1) is 19.8 Å². The van der Waals surface area contributed by atoms with E-state index in [-0.39, 0.29) is 5.54 Å². The lowest BCUT2D eigenvalue weighted by Crippen LogP contribution is -2.58. The average molecular weight is 377 g/mol. The van der Waals surface area contributed by atoms with Crippen LogP contribution in [0.25, 0.3) is 0 Å². The van der Waals surface area contributed by atoms with Crippen molar-refractivity contribution in [2.45, 2.75) is 58.7 Å². The number of aromatic nitrogens is 1. The topological polar surface area (TPSA) is 45.0 Å². The van der Waals surface area contributed by atoms with Crippen molar-refractivity contribution in [2.24, 2.45) is 5.92 Å². The second-order valence-electron chi connectivity index (χ2n) is 9.44. The van der Waals surface area contributed by atoms with E-state index in [9.17, 15) is 0 Å². The van der Waals surface area contributed by atoms with Gasteiger partial charge in [-0.25, -0.2) is 0 Å². The molecule has 1 aromatic heterocycles. The third-order valence-corrected chi connectivity index (χ3v) is 6.92. The standard InChI is InChI=1S/C21H36N4O2/c1-16-20(17(2)27-22-16)14-23-11-18-5-6-19(13-23)24(12-18)15-21(3,4)25-7-9-26-10-8-25/h18-19H,5-15H2,1-4H3/t18-,19+/m0/s1. The number of aryl methyl sites for hydroxylation is 2. The quantitative estimate of drug-likeness (QED) is 0.786. The molecule has 0 N–H and O–H groups in total. The highest BCUT2D eigenvalue weighted by Gasteiger charge is 2.39. The normalized spacial score (nSPS) is 28.6. The van der Waals surface area contributed by atoms with Gasteiger partial charge in [0.15, 0.2) is 0 Å². The van der Waals surface area contributed by atoms with Gasteiger partial charge in [-0.2, -0.15) is 0 Å². The van der Waals surface area contributed by atoms with Crippen LogP contribution in [-0.4, -0.2) is 83.9 Å². The summed E-state index contributed by atoms with van der Waals surface area (Å²) < 4.78 is 11.0. The lowest BCUT2D eigenvalue weighted by molar-refractivity contribution is -0.0310. The van der Waals surface area contributed by atoms with E-state index in [1.165, 1.54) is 38.0 Å². The molecule has 2 atom stereocenters. The van der Waals surface area contributed by atoms with Crippen molar-refractivity contribution in [3.63, 3.8) is 0 Å². The van der Waals surface area contributed by atoms with Crippen LogP contribution in [0.5, 0.6) is 0 Å². The van der Waals surface area contributed by atoms with Crippen molar-refractivity contribution in [2.75, 3.05) is 52.5 Å². The molecule has 4 fully saturated rings. The second kappa shape index (κ2) is 7.82. The molecule has 4 aliphatic heterocycles. The molecule has 0 radical (unpaired) electrons. The van der Waals surface area contributed by atoms with Crippen molar-refractivity contribution in [1.29, 1.82) is 0 Å². The molecule has 5 heterocycles. The molecule has 0 spiro atoms. The van der Waals surface area contributed by atoms with Gasteiger partial charge in [-0.05, 0) is 46.5 Å². The van der Waals surface area contributed by atoms with Gasteiger partial charge in [-0.15, -0.1) is 0 Å². The molecule has 0 amide bonds. The number of rotatable bonds is 5. The highest BCUT2D eigenvalue weighted by molar-refractivity contribution is 5.20. The summed E-state index contributed by atoms with van der Waals surface area (Å²) in [5.41, 5.74) is 2.55. The molecule has 152 valence electrons. The summed E-state index contributed by atoms with van der Waals surface area (Å²) >= 11 is 0. The van der Waals surface area contributed by atoms with Crippen molar-refractivity contribution >= 4 is 0 Å². The number of fused-ring (bicyclic) bond motifs is 4. The molecular formula is C21H36N4O2. The lowest BCUT2D eigenvalue weighted by Gasteiger charge is -2.46. The monoisotopic (exact) mass is 376 g/mol. The van der Waals surface area contributed by atoms with E-state index in [2.05, 4.69) is 40.6 Å². The van der Waals surface area contributed by atoms with Crippen LogP contribution < -0.4 is 0 Å². The first-order chi connectivity index (χ1) is 12.9. The minimum Gasteiger partial charge on any atom is -0.379 e. The van der Waals surface area contributed by atoms with Crippen LogP contribution in [0.15, 0.2) is 4.52 Å². The number of nitrogens with zero attached hydrogens (tertiary/aromatic N) is 4. The van der Waals surface area contributed by atoms with E-state index in [1.54, 1.807) is 0 Å². The maximum atomic E-state index is 5.56. The highest BCUT2D eigenvalue weighted by Crippen LogP contribution is 2.31. The molecule has 6 nitrogen and oxygen atoms in total. The van der Waals surface area contributed by atoms with Gasteiger partial charge >= 0.3 is 0 Å². The third kappa shape index (κ3) is 4.24. The summed E-state index contributed by atoms with van der Waals surface area (Å²) in [6, 6.07) is 0.671. The minimum atomic E-state index is 0.209. The molecule has 4 saturated heterocycles. The summed E-state index contributed by atoms with van der Waals surface area (Å²) in [6.07, 6.45) is 2.71. The summed E-state index contributed by atoms with van der Waals surface area (Å²) in [6.45, 7) is 18.6. The van der Waals surface area contributed by atoms with Gasteiger partial charge in [0.1, 0.15) is 5.76 Å². The molecule has 0 saturated carbocycles. The van der Waals surface area contributed by atoms with E-state index < -0.39 is 0 Å². The van der Waals surface area contributed by atoms with Gasteiger partial charge in [-0.1, -0.05) is 5.16 Å². The van der Waals surface area contributed by atoms with Gasteiger partial charge in [0.2, 0.25) is 0 Å². The molecule has 1 aromatic rings. The third-order valence-electron chi connectivity index (χ3n) is 6.92. The second-order valence-corrected chi connectivity index (χ2v) is 9.44. The summed E-state index contributed by atoms with van der Waals surface area (Å²) in [5.74, 6) is 1.76. The number of ether oxygens (including phenoxy) is 1. The molecule has 5 rings (SSSR count). The predicted octanol–water partition coefficient (Wildman–Crippen LogP) is 2.30. The number of hydrogen-bond acceptors (Lipinski definition) is 6. The molecule has 4 aliphatic rings. The van der Waals surface area contributed by atoms with Crippen LogP contribution in [0.1, 0.15) is 43.7 Å². The molecular weight excluding hydrogens is 340 g/mol. The van der Waals surface area contributed by atoms with Crippen molar-refractivity contribution < 1.29 is 9.26 Å². The Morgan fingerprint density at radius 2 is 1.85 bits per heavy atom. The van der Waals surface area contributed by atoms with Crippen LogP contribution in [-0.2, 0) is 11.3 Å². The first kappa shape index (κ1) is 19.4. The zero-order valence-electron chi connectivity index (χ0n) is 17.5. The molecule has 27 heavy (non-hydrogen) atoms. The maximum Gasteiger partial charge on any atom is 0.138 e. The number of hydrogen-bond donors (Lipinski definition) is 0. The predicted molar refractivity (Wildman–Crippen MR) is 106 cm³/mol. The molecule has 2 bridgehead atoms. The van der Waals surface area contributed by atoms with Crippen LogP contribution in [0.2, 0.25) is 0 Å². The SMILES string of the molecule is Cc1noc(C)c1CN1C[C@@H]2CC[C@H](C1)N(CC(C)(C)N1CCOCC1)C2. The van der Waals surface area contributed by atoms with Gasteiger partial charge in [-0.3, -0.25) is 14.7 Å². The van der Waals surface area contributed by atoms with E-state index in [4.69, 9.17) is 9.26 Å². The van der Waals surface area contributed by atoms with Gasteiger partial charge < -0.3 is 9.26 Å². The maximum absolute atomic E-state index is 5.56. The van der Waals surface area contributed by atoms with Crippen molar-refractivity contribution in [1.82, 2.24) is 19.9 Å². The van der Waals surface area contributed by atoms with Crippen LogP contribution in [0.4, 0.5) is 0 Å². The minimum absolute atomic E-state index is 0.209. The smallest absolute Gasteiger partial charge is 0.138 e. The lowest BCUT2D eigenvalue weighted by atomic mass is 9.92. The largest absolute Gasteiger partial charge is 0.379 e. The average Bonchev–Trinajstić information content (AvgIpc) is 2.81. The molecule has 0 unspecified atom stereocenters. The fourth-order valence-electron chi connectivity index (χ4n) is 5.32. The molecule has 0 aromatic carbocycles. The fourth-order valence-corrected chi connectivity index (χ4v) is 5.32. The van der Waals surface area contributed by atoms with Crippen LogP contribution >= 0.6 is 0 Å². The zero-order valence-corrected chi connectivity index (χ0v) is 17.5. The zero-order chi connectivity index (χ0) is 19.0. The van der Waals surface area contributed by atoms with Gasteiger partial charge in [0, 0.05) is 63.0 Å². The Labute approximate surface area is 163 Å². The Morgan fingerprint density at radius 3 is 2.56 bits per heavy atom. The molecule has 6 heteroatoms. The Kier molecular flexibility index (Phi) is 5.61. The van der Waals surface area contributed by atoms with Crippen molar-refractivity contribution in [3.8, 4) is 0 Å². The fraction of sp³-hybridized carbons (Fsp3) is 0.857. The van der Waals surface area contributed by atoms with Crippen molar-refractivity contribution in [3.05, 3.63) is 17.0 Å². The van der Waals surface area contributed by atoms with E-state index >= 15 is 0 Å². The Balaban J connectivity index is 1.42. The first-order valence-corrected chi connectivity index (χ1v) is 10.6. The Bertz CT molecular complexity index is 619. The summed E-state index contributed by atoms with van der Waals surface area (Å²) in [4.78, 5) is 8.06. The Hall–Kier alpha value is -0.950. The first-order valence-electron chi connectivity index (χ1n) is 10.6. The number of morpholine rings is 1. The van der Waals surface area contributed by atoms with E-state index in [0.29, 0.717) is 6.04 Å². The van der Waals surface area contributed by atoms with Gasteiger partial charge in [0.25, 0.3) is 0 Å². The highest BCUT2D eigenvalue weighted by atomic mass is 16.5. The van der Waals surface area contributed by atoms with Crippen LogP contribution in [0.3, 0.4) is 0 Å². The molecule has 0 aliphatic carbocycles.